The lowest BCUT2D eigenvalue weighted by molar-refractivity contribution is 0.0410. The third-order valence-corrected chi connectivity index (χ3v) is 7.58. The molecule has 5 nitrogen and oxygen atoms in total. The largest absolute Gasteiger partial charge is 0.462 e. The van der Waals surface area contributed by atoms with Crippen LogP contribution in [0.15, 0.2) is 29.2 Å². The van der Waals surface area contributed by atoms with Crippen LogP contribution in [0, 0.1) is 17.8 Å². The monoisotopic (exact) mass is 393 g/mol. The molecule has 1 aromatic carbocycles. The summed E-state index contributed by atoms with van der Waals surface area (Å²) in [6, 6.07) is 6.17. The lowest BCUT2D eigenvalue weighted by atomic mass is 9.90. The Bertz CT molecular complexity index is 728. The number of carbonyl (C=O) groups excluding carboxylic acids is 1. The van der Waals surface area contributed by atoms with Gasteiger partial charge in [0.25, 0.3) is 0 Å². The normalized spacial score (nSPS) is 25.3. The third-order valence-electron chi connectivity index (χ3n) is 5.74. The average Bonchev–Trinajstić information content (AvgIpc) is 2.66. The Morgan fingerprint density at radius 2 is 1.63 bits per heavy atom. The molecule has 0 spiro atoms. The molecule has 0 amide bonds. The summed E-state index contributed by atoms with van der Waals surface area (Å²) in [6.45, 7) is 5.74. The Labute approximate surface area is 163 Å². The number of hydrogen-bond acceptors (Lipinski definition) is 4. The van der Waals surface area contributed by atoms with Crippen molar-refractivity contribution in [3.8, 4) is 0 Å². The number of sulfonamides is 1. The van der Waals surface area contributed by atoms with Crippen LogP contribution < -0.4 is 0 Å². The number of hydrogen-bond donors (Lipinski definition) is 0. The summed E-state index contributed by atoms with van der Waals surface area (Å²) in [5.74, 6) is 0.810. The van der Waals surface area contributed by atoms with Crippen molar-refractivity contribution in [2.45, 2.75) is 57.3 Å². The van der Waals surface area contributed by atoms with Gasteiger partial charge in [-0.25, -0.2) is 13.2 Å². The molecule has 0 radical (unpaired) electrons. The Morgan fingerprint density at radius 1 is 1.04 bits per heavy atom. The summed E-state index contributed by atoms with van der Waals surface area (Å²) < 4.78 is 32.8. The third kappa shape index (κ3) is 5.11. The van der Waals surface area contributed by atoms with E-state index in [9.17, 15) is 13.2 Å². The van der Waals surface area contributed by atoms with Crippen LogP contribution in [0.3, 0.4) is 0 Å². The smallest absolute Gasteiger partial charge is 0.338 e. The summed E-state index contributed by atoms with van der Waals surface area (Å²) in [6.07, 6.45) is 6.99. The Balaban J connectivity index is 1.62. The number of nitrogens with zero attached hydrogens (tertiary/aromatic N) is 1. The molecule has 1 aliphatic heterocycles. The van der Waals surface area contributed by atoms with Crippen LogP contribution in [-0.2, 0) is 14.8 Å². The van der Waals surface area contributed by atoms with Gasteiger partial charge < -0.3 is 4.74 Å². The van der Waals surface area contributed by atoms with Crippen molar-refractivity contribution in [3.63, 3.8) is 0 Å². The second-order valence-corrected chi connectivity index (χ2v) is 10.3. The molecule has 1 aromatic rings. The predicted molar refractivity (Wildman–Crippen MR) is 105 cm³/mol. The molecule has 27 heavy (non-hydrogen) atoms. The van der Waals surface area contributed by atoms with E-state index in [4.69, 9.17) is 4.74 Å². The van der Waals surface area contributed by atoms with Crippen LogP contribution in [-0.4, -0.2) is 38.4 Å². The fourth-order valence-corrected chi connectivity index (χ4v) is 6.02. The van der Waals surface area contributed by atoms with Crippen LogP contribution in [0.5, 0.6) is 0 Å². The molecule has 150 valence electrons. The molecule has 1 saturated heterocycles. The van der Waals surface area contributed by atoms with E-state index in [2.05, 4.69) is 13.8 Å². The number of piperidine rings is 1. The molecule has 1 aliphatic carbocycles. The SMILES string of the molecule is C[C@@H]1C[C@@H](C)CN(S(=O)(=O)c2ccc(C(=O)OCC3CCCCC3)cc2)C1. The summed E-state index contributed by atoms with van der Waals surface area (Å²) in [7, 11) is -3.52. The van der Waals surface area contributed by atoms with E-state index >= 15 is 0 Å². The highest BCUT2D eigenvalue weighted by Crippen LogP contribution is 2.27. The second-order valence-electron chi connectivity index (χ2n) is 8.39. The Kier molecular flexibility index (Phi) is 6.58. The van der Waals surface area contributed by atoms with Gasteiger partial charge in [-0.15, -0.1) is 0 Å². The molecule has 6 heteroatoms. The van der Waals surface area contributed by atoms with Gasteiger partial charge in [0, 0.05) is 13.1 Å². The number of ether oxygens (including phenoxy) is 1. The minimum atomic E-state index is -3.52. The molecule has 1 heterocycles. The van der Waals surface area contributed by atoms with Gasteiger partial charge in [-0.1, -0.05) is 33.1 Å². The highest BCUT2D eigenvalue weighted by molar-refractivity contribution is 7.89. The maximum atomic E-state index is 12.9. The van der Waals surface area contributed by atoms with Gasteiger partial charge in [0.1, 0.15) is 0 Å². The summed E-state index contributed by atoms with van der Waals surface area (Å²) in [5.41, 5.74) is 0.408. The zero-order valence-electron chi connectivity index (χ0n) is 16.4. The first-order valence-corrected chi connectivity index (χ1v) is 11.6. The van der Waals surface area contributed by atoms with Gasteiger partial charge in [-0.3, -0.25) is 0 Å². The minimum Gasteiger partial charge on any atom is -0.462 e. The first-order valence-electron chi connectivity index (χ1n) is 10.1. The second kappa shape index (κ2) is 8.74. The maximum absolute atomic E-state index is 12.9. The molecule has 3 rings (SSSR count). The first kappa shape index (κ1) is 20.3. The zero-order valence-corrected chi connectivity index (χ0v) is 17.2. The van der Waals surface area contributed by atoms with Crippen molar-refractivity contribution in [2.24, 2.45) is 17.8 Å². The van der Waals surface area contributed by atoms with E-state index < -0.39 is 10.0 Å². The lowest BCUT2D eigenvalue weighted by Crippen LogP contribution is -2.42. The Hall–Kier alpha value is -1.40. The van der Waals surface area contributed by atoms with E-state index in [1.165, 1.54) is 31.4 Å². The quantitative estimate of drug-likeness (QED) is 0.707. The topological polar surface area (TPSA) is 63.7 Å². The van der Waals surface area contributed by atoms with Crippen molar-refractivity contribution >= 4 is 16.0 Å². The standard InChI is InChI=1S/C21H31NO4S/c1-16-12-17(2)14-22(13-16)27(24,25)20-10-8-19(9-11-20)21(23)26-15-18-6-4-3-5-7-18/h8-11,16-18H,3-7,12-15H2,1-2H3/t16-,17-/m1/s1. The molecular formula is C21H31NO4S. The number of carbonyl (C=O) groups is 1. The van der Waals surface area contributed by atoms with Crippen molar-refractivity contribution in [1.82, 2.24) is 4.31 Å². The number of rotatable bonds is 5. The molecule has 1 saturated carbocycles. The van der Waals surface area contributed by atoms with Crippen LogP contribution in [0.2, 0.25) is 0 Å². The molecule has 2 aliphatic rings. The van der Waals surface area contributed by atoms with Crippen molar-refractivity contribution in [2.75, 3.05) is 19.7 Å². The highest BCUT2D eigenvalue weighted by atomic mass is 32.2. The molecule has 2 fully saturated rings. The van der Waals surface area contributed by atoms with Gasteiger partial charge in [0.15, 0.2) is 0 Å². The van der Waals surface area contributed by atoms with Gasteiger partial charge in [0.05, 0.1) is 17.1 Å². The molecular weight excluding hydrogens is 362 g/mol. The van der Waals surface area contributed by atoms with E-state index in [1.807, 2.05) is 0 Å². The van der Waals surface area contributed by atoms with Crippen LogP contribution >= 0.6 is 0 Å². The fourth-order valence-electron chi connectivity index (χ4n) is 4.34. The summed E-state index contributed by atoms with van der Waals surface area (Å²) in [5, 5.41) is 0. The van der Waals surface area contributed by atoms with E-state index in [1.54, 1.807) is 16.4 Å². The molecule has 0 N–H and O–H groups in total. The lowest BCUT2D eigenvalue weighted by Gasteiger charge is -2.34. The molecule has 0 bridgehead atoms. The van der Waals surface area contributed by atoms with Gasteiger partial charge >= 0.3 is 5.97 Å². The summed E-state index contributed by atoms with van der Waals surface area (Å²) >= 11 is 0. The predicted octanol–water partition coefficient (Wildman–Crippen LogP) is 4.09. The van der Waals surface area contributed by atoms with Crippen LogP contribution in [0.25, 0.3) is 0 Å². The fraction of sp³-hybridized carbons (Fsp3) is 0.667. The molecule has 0 aromatic heterocycles. The van der Waals surface area contributed by atoms with Crippen molar-refractivity contribution in [3.05, 3.63) is 29.8 Å². The van der Waals surface area contributed by atoms with Gasteiger partial charge in [-0.05, 0) is 61.3 Å². The first-order chi connectivity index (χ1) is 12.9. The minimum absolute atomic E-state index is 0.243. The zero-order chi connectivity index (χ0) is 19.4. The Morgan fingerprint density at radius 3 is 2.22 bits per heavy atom. The van der Waals surface area contributed by atoms with E-state index in [0.717, 1.165) is 19.3 Å². The number of benzene rings is 1. The maximum Gasteiger partial charge on any atom is 0.338 e. The van der Waals surface area contributed by atoms with Gasteiger partial charge in [-0.2, -0.15) is 4.31 Å². The molecule has 2 atom stereocenters. The number of esters is 1. The highest BCUT2D eigenvalue weighted by Gasteiger charge is 2.31. The van der Waals surface area contributed by atoms with Crippen molar-refractivity contribution < 1.29 is 17.9 Å². The molecule has 0 unspecified atom stereocenters. The van der Waals surface area contributed by atoms with E-state index in [-0.39, 0.29) is 10.9 Å². The average molecular weight is 394 g/mol. The summed E-state index contributed by atoms with van der Waals surface area (Å²) in [4.78, 5) is 12.5. The van der Waals surface area contributed by atoms with Gasteiger partial charge in [0.2, 0.25) is 10.0 Å². The van der Waals surface area contributed by atoms with Crippen LogP contribution in [0.1, 0.15) is 62.7 Å². The van der Waals surface area contributed by atoms with Crippen LogP contribution in [0.4, 0.5) is 0 Å². The van der Waals surface area contributed by atoms with E-state index in [0.29, 0.717) is 43.0 Å². The van der Waals surface area contributed by atoms with Crippen molar-refractivity contribution in [1.29, 1.82) is 0 Å².